The summed E-state index contributed by atoms with van der Waals surface area (Å²) in [6, 6.07) is 7.31. The van der Waals surface area contributed by atoms with Gasteiger partial charge in [0.2, 0.25) is 0 Å². The number of carbonyl (C=O) groups is 2. The molecule has 0 radical (unpaired) electrons. The van der Waals surface area contributed by atoms with E-state index in [0.29, 0.717) is 24.2 Å². The van der Waals surface area contributed by atoms with E-state index in [1.165, 1.54) is 0 Å². The molecular formula is C25H29N3O4S2. The number of hydrogen-bond acceptors (Lipinski definition) is 8. The molecule has 2 atom stereocenters. The lowest BCUT2D eigenvalue weighted by Gasteiger charge is -2.38. The lowest BCUT2D eigenvalue weighted by atomic mass is 9.79. The Kier molecular flexibility index (Phi) is 8.53. The summed E-state index contributed by atoms with van der Waals surface area (Å²) < 4.78 is 6.38. The number of carboxylic acids is 1. The van der Waals surface area contributed by atoms with Gasteiger partial charge in [0, 0.05) is 60.4 Å². The number of pyridine rings is 1. The van der Waals surface area contributed by atoms with Crippen LogP contribution in [0.25, 0.3) is 10.9 Å². The summed E-state index contributed by atoms with van der Waals surface area (Å²) in [7, 11) is 1.60. The lowest BCUT2D eigenvalue weighted by Crippen LogP contribution is -2.42. The van der Waals surface area contributed by atoms with Crippen molar-refractivity contribution in [2.45, 2.75) is 30.0 Å². The number of benzene rings is 1. The summed E-state index contributed by atoms with van der Waals surface area (Å²) in [5, 5.41) is 12.2. The molecule has 1 aromatic carbocycles. The van der Waals surface area contributed by atoms with Crippen LogP contribution >= 0.6 is 23.1 Å². The second-order valence-corrected chi connectivity index (χ2v) is 10.8. The van der Waals surface area contributed by atoms with Crippen LogP contribution in [-0.2, 0) is 4.79 Å². The van der Waals surface area contributed by atoms with E-state index < -0.39 is 5.97 Å². The van der Waals surface area contributed by atoms with Crippen LogP contribution in [0.5, 0.6) is 5.75 Å². The standard InChI is InChI=1S/C25H29N3O4S2/c1-32-19-3-4-22-21(15-19)20(6-8-26-22)23(29)5-2-17-7-10-28(16-18(17)14-24(30)31)11-13-34-25-27-9-12-33-25/h3-4,6,8-9,12,15,17-18H,2,5,7,10-11,13-14,16H2,1H3,(H,30,31)/t17-,18+/m1/s1. The number of piperidine rings is 1. The number of ether oxygens (including phenoxy) is 1. The molecule has 1 fully saturated rings. The number of carbonyl (C=O) groups excluding carboxylic acids is 1. The fourth-order valence-electron chi connectivity index (χ4n) is 4.69. The van der Waals surface area contributed by atoms with Gasteiger partial charge in [0.1, 0.15) is 10.1 Å². The number of carboxylic acid groups (broad SMARTS) is 1. The molecule has 7 nitrogen and oxygen atoms in total. The third-order valence-electron chi connectivity index (χ3n) is 6.45. The molecule has 34 heavy (non-hydrogen) atoms. The van der Waals surface area contributed by atoms with E-state index in [1.54, 1.807) is 42.5 Å². The Hall–Kier alpha value is -2.49. The Balaban J connectivity index is 1.36. The summed E-state index contributed by atoms with van der Waals surface area (Å²) >= 11 is 3.38. The van der Waals surface area contributed by atoms with Crippen molar-refractivity contribution in [3.05, 3.63) is 47.6 Å². The van der Waals surface area contributed by atoms with Crippen molar-refractivity contribution in [1.29, 1.82) is 0 Å². The highest BCUT2D eigenvalue weighted by Gasteiger charge is 2.31. The van der Waals surface area contributed by atoms with Gasteiger partial charge in [-0.1, -0.05) is 11.8 Å². The Morgan fingerprint density at radius 1 is 1.24 bits per heavy atom. The van der Waals surface area contributed by atoms with E-state index in [4.69, 9.17) is 4.74 Å². The third-order valence-corrected chi connectivity index (χ3v) is 8.39. The number of thiazole rings is 1. The van der Waals surface area contributed by atoms with Gasteiger partial charge in [0.15, 0.2) is 5.78 Å². The van der Waals surface area contributed by atoms with E-state index in [2.05, 4.69) is 14.9 Å². The van der Waals surface area contributed by atoms with Crippen molar-refractivity contribution >= 4 is 45.8 Å². The predicted octanol–water partition coefficient (Wildman–Crippen LogP) is 4.87. The van der Waals surface area contributed by atoms with E-state index >= 15 is 0 Å². The van der Waals surface area contributed by atoms with Gasteiger partial charge < -0.3 is 14.7 Å². The molecule has 0 unspecified atom stereocenters. The van der Waals surface area contributed by atoms with Gasteiger partial charge in [0.25, 0.3) is 0 Å². The van der Waals surface area contributed by atoms with Gasteiger partial charge in [-0.3, -0.25) is 14.6 Å². The number of hydrogen-bond donors (Lipinski definition) is 1. The SMILES string of the molecule is COc1ccc2nccc(C(=O)CC[C@@H]3CCN(CCSc4nccs4)C[C@@H]3CC(=O)O)c2c1. The summed E-state index contributed by atoms with van der Waals surface area (Å²) in [6.45, 7) is 2.61. The number of nitrogens with zero attached hydrogens (tertiary/aromatic N) is 3. The molecule has 1 aliphatic rings. The lowest BCUT2D eigenvalue weighted by molar-refractivity contribution is -0.139. The van der Waals surface area contributed by atoms with E-state index in [9.17, 15) is 14.7 Å². The highest BCUT2D eigenvalue weighted by Crippen LogP contribution is 2.32. The van der Waals surface area contributed by atoms with Gasteiger partial charge in [-0.15, -0.1) is 11.3 Å². The first-order chi connectivity index (χ1) is 16.5. The van der Waals surface area contributed by atoms with Crippen LogP contribution in [-0.4, -0.2) is 64.2 Å². The zero-order valence-corrected chi connectivity index (χ0v) is 20.8. The van der Waals surface area contributed by atoms with Crippen molar-refractivity contribution in [2.75, 3.05) is 32.5 Å². The summed E-state index contributed by atoms with van der Waals surface area (Å²) in [4.78, 5) is 35.7. The van der Waals surface area contributed by atoms with Crippen molar-refractivity contribution < 1.29 is 19.4 Å². The van der Waals surface area contributed by atoms with Crippen LogP contribution in [0.4, 0.5) is 0 Å². The fraction of sp³-hybridized carbons (Fsp3) is 0.440. The number of Topliss-reactive ketones (excluding diaryl/α,β-unsaturated/α-hetero) is 1. The van der Waals surface area contributed by atoms with Crippen LogP contribution in [0.2, 0.25) is 0 Å². The number of ketones is 1. The molecule has 9 heteroatoms. The zero-order valence-electron chi connectivity index (χ0n) is 19.2. The van der Waals surface area contributed by atoms with Gasteiger partial charge in [-0.25, -0.2) is 4.98 Å². The number of methoxy groups -OCH3 is 1. The molecule has 0 aliphatic carbocycles. The summed E-state index contributed by atoms with van der Waals surface area (Å²) in [5.74, 6) is 1.21. The van der Waals surface area contributed by atoms with Gasteiger partial charge in [0.05, 0.1) is 12.6 Å². The van der Waals surface area contributed by atoms with Crippen LogP contribution in [0.3, 0.4) is 0 Å². The number of fused-ring (bicyclic) bond motifs is 1. The number of aliphatic carboxylic acids is 1. The molecule has 3 aromatic rings. The first-order valence-electron chi connectivity index (χ1n) is 11.5. The zero-order chi connectivity index (χ0) is 23.9. The van der Waals surface area contributed by atoms with Crippen molar-refractivity contribution in [3.63, 3.8) is 0 Å². The molecule has 1 N–H and O–H groups in total. The molecule has 4 rings (SSSR count). The minimum Gasteiger partial charge on any atom is -0.497 e. The maximum atomic E-state index is 13.1. The van der Waals surface area contributed by atoms with Crippen LogP contribution < -0.4 is 4.74 Å². The van der Waals surface area contributed by atoms with Crippen LogP contribution in [0.15, 0.2) is 46.4 Å². The molecule has 1 saturated heterocycles. The van der Waals surface area contributed by atoms with Crippen LogP contribution in [0, 0.1) is 11.8 Å². The highest BCUT2D eigenvalue weighted by molar-refractivity contribution is 8.01. The minimum absolute atomic E-state index is 0.0539. The first-order valence-corrected chi connectivity index (χ1v) is 13.3. The molecule has 2 aromatic heterocycles. The second kappa shape index (κ2) is 11.8. The number of rotatable bonds is 11. The van der Waals surface area contributed by atoms with Gasteiger partial charge >= 0.3 is 5.97 Å². The number of thioether (sulfide) groups is 1. The fourth-order valence-corrected chi connectivity index (χ4v) is 6.39. The maximum Gasteiger partial charge on any atom is 0.303 e. The summed E-state index contributed by atoms with van der Waals surface area (Å²) in [5.41, 5.74) is 1.41. The molecule has 180 valence electrons. The molecule has 0 bridgehead atoms. The van der Waals surface area contributed by atoms with Crippen LogP contribution in [0.1, 0.15) is 36.0 Å². The van der Waals surface area contributed by atoms with E-state index in [0.717, 1.165) is 47.1 Å². The predicted molar refractivity (Wildman–Crippen MR) is 135 cm³/mol. The maximum absolute atomic E-state index is 13.1. The van der Waals surface area contributed by atoms with Gasteiger partial charge in [-0.2, -0.15) is 0 Å². The van der Waals surface area contributed by atoms with Crippen molar-refractivity contribution in [1.82, 2.24) is 14.9 Å². The molecule has 0 amide bonds. The Bertz CT molecular complexity index is 1120. The molecular weight excluding hydrogens is 470 g/mol. The van der Waals surface area contributed by atoms with Gasteiger partial charge in [-0.05, 0) is 55.5 Å². The summed E-state index contributed by atoms with van der Waals surface area (Å²) in [6.07, 6.45) is 5.64. The van der Waals surface area contributed by atoms with E-state index in [-0.39, 0.29) is 24.0 Å². The average molecular weight is 500 g/mol. The second-order valence-electron chi connectivity index (χ2n) is 8.56. The van der Waals surface area contributed by atoms with Crippen molar-refractivity contribution in [3.8, 4) is 5.75 Å². The Morgan fingerprint density at radius 2 is 2.12 bits per heavy atom. The smallest absolute Gasteiger partial charge is 0.303 e. The topological polar surface area (TPSA) is 92.6 Å². The largest absolute Gasteiger partial charge is 0.497 e. The van der Waals surface area contributed by atoms with Crippen molar-refractivity contribution in [2.24, 2.45) is 11.8 Å². The molecule has 0 spiro atoms. The average Bonchev–Trinajstić information content (AvgIpc) is 3.36. The van der Waals surface area contributed by atoms with E-state index in [1.807, 2.05) is 29.8 Å². The first kappa shape index (κ1) is 24.6. The number of aromatic nitrogens is 2. The monoisotopic (exact) mass is 499 g/mol. The Labute approximate surface area is 207 Å². The third kappa shape index (κ3) is 6.34. The Morgan fingerprint density at radius 3 is 2.88 bits per heavy atom. The molecule has 1 aliphatic heterocycles. The highest BCUT2D eigenvalue weighted by atomic mass is 32.2. The number of likely N-dealkylation sites (tertiary alicyclic amines) is 1. The molecule has 0 saturated carbocycles. The minimum atomic E-state index is -0.771. The normalized spacial score (nSPS) is 18.7. The molecule has 3 heterocycles. The quantitative estimate of drug-likeness (QED) is 0.295.